The standard InChI is InChI=1S/C23H24N4O2S3/c1-3-4-11-32(29)15-31-22-20(13-24)19(12-21(27-22)23-25-9-10-30-23)18-7-5-17(6-8-18)14-26-16(2)28/h5-10,12H,3-4,11,14-15H2,1-2H3,(H,26,28). The minimum Gasteiger partial charge on any atom is -0.616 e. The van der Waals surface area contributed by atoms with E-state index < -0.39 is 11.2 Å². The van der Waals surface area contributed by atoms with Crippen molar-refractivity contribution in [2.24, 2.45) is 0 Å². The number of aromatic nitrogens is 2. The Balaban J connectivity index is 1.96. The van der Waals surface area contributed by atoms with Crippen molar-refractivity contribution in [3.8, 4) is 27.9 Å². The van der Waals surface area contributed by atoms with Gasteiger partial charge in [0.05, 0.1) is 5.56 Å². The molecule has 0 aliphatic carbocycles. The molecule has 1 N–H and O–H groups in total. The van der Waals surface area contributed by atoms with Crippen molar-refractivity contribution in [2.45, 2.75) is 38.3 Å². The molecule has 0 saturated carbocycles. The maximum Gasteiger partial charge on any atom is 0.217 e. The van der Waals surface area contributed by atoms with Crippen LogP contribution in [-0.2, 0) is 22.5 Å². The molecule has 0 spiro atoms. The van der Waals surface area contributed by atoms with Crippen LogP contribution < -0.4 is 5.32 Å². The van der Waals surface area contributed by atoms with Crippen molar-refractivity contribution < 1.29 is 9.35 Å². The van der Waals surface area contributed by atoms with Gasteiger partial charge in [0.15, 0.2) is 5.08 Å². The molecule has 0 saturated heterocycles. The number of hydrogen-bond donors (Lipinski definition) is 1. The lowest BCUT2D eigenvalue weighted by Crippen LogP contribution is -2.18. The third-order valence-corrected chi connectivity index (χ3v) is 8.24. The fourth-order valence-corrected chi connectivity index (χ4v) is 6.05. The first kappa shape index (κ1) is 24.3. The second-order valence-corrected chi connectivity index (χ2v) is 10.9. The Morgan fingerprint density at radius 2 is 2.12 bits per heavy atom. The van der Waals surface area contributed by atoms with Gasteiger partial charge in [-0.3, -0.25) is 4.79 Å². The van der Waals surface area contributed by atoms with Gasteiger partial charge < -0.3 is 9.87 Å². The summed E-state index contributed by atoms with van der Waals surface area (Å²) in [4.78, 5) is 20.2. The quantitative estimate of drug-likeness (QED) is 0.322. The van der Waals surface area contributed by atoms with E-state index in [0.29, 0.717) is 33.7 Å². The molecule has 3 aromatic rings. The third-order valence-electron chi connectivity index (χ3n) is 4.61. The molecular formula is C23H24N4O2S3. The number of thioether (sulfide) groups is 1. The molecule has 0 radical (unpaired) electrons. The van der Waals surface area contributed by atoms with E-state index in [2.05, 4.69) is 23.3 Å². The summed E-state index contributed by atoms with van der Waals surface area (Å²) in [6, 6.07) is 11.9. The zero-order valence-electron chi connectivity index (χ0n) is 18.0. The van der Waals surface area contributed by atoms with Gasteiger partial charge >= 0.3 is 0 Å². The van der Waals surface area contributed by atoms with E-state index in [1.807, 2.05) is 35.7 Å². The summed E-state index contributed by atoms with van der Waals surface area (Å²) in [6.45, 7) is 4.01. The van der Waals surface area contributed by atoms with Crippen LogP contribution in [0.4, 0.5) is 0 Å². The van der Waals surface area contributed by atoms with Crippen LogP contribution in [0.15, 0.2) is 46.9 Å². The van der Waals surface area contributed by atoms with Crippen molar-refractivity contribution in [2.75, 3.05) is 10.8 Å². The van der Waals surface area contributed by atoms with E-state index >= 15 is 0 Å². The minimum absolute atomic E-state index is 0.0824. The smallest absolute Gasteiger partial charge is 0.217 e. The average molecular weight is 485 g/mol. The van der Waals surface area contributed by atoms with Gasteiger partial charge in [-0.1, -0.05) is 49.4 Å². The number of hydrogen-bond acceptors (Lipinski definition) is 7. The number of nitriles is 1. The number of rotatable bonds is 10. The van der Waals surface area contributed by atoms with Gasteiger partial charge in [-0.25, -0.2) is 9.97 Å². The van der Waals surface area contributed by atoms with Gasteiger partial charge in [-0.05, 0) is 34.8 Å². The molecule has 0 bridgehead atoms. The van der Waals surface area contributed by atoms with Crippen molar-refractivity contribution in [1.82, 2.24) is 15.3 Å². The Kier molecular flexibility index (Phi) is 9.11. The predicted molar refractivity (Wildman–Crippen MR) is 132 cm³/mol. The Morgan fingerprint density at radius 1 is 1.34 bits per heavy atom. The number of nitrogens with one attached hydrogen (secondary N) is 1. The van der Waals surface area contributed by atoms with E-state index in [4.69, 9.17) is 4.98 Å². The fourth-order valence-electron chi connectivity index (χ4n) is 2.94. The van der Waals surface area contributed by atoms with E-state index in [1.165, 1.54) is 30.0 Å². The van der Waals surface area contributed by atoms with E-state index in [0.717, 1.165) is 34.5 Å². The number of amides is 1. The molecule has 1 amide bonds. The van der Waals surface area contributed by atoms with Gasteiger partial charge in [-0.15, -0.1) is 11.3 Å². The molecule has 2 heterocycles. The van der Waals surface area contributed by atoms with Crippen LogP contribution in [0.5, 0.6) is 0 Å². The lowest BCUT2D eigenvalue weighted by atomic mass is 10.00. The first-order valence-corrected chi connectivity index (χ1v) is 13.5. The molecule has 0 fully saturated rings. The zero-order chi connectivity index (χ0) is 22.9. The summed E-state index contributed by atoms with van der Waals surface area (Å²) in [7, 11) is 0. The summed E-state index contributed by atoms with van der Waals surface area (Å²) in [5.74, 6) is 0.571. The molecule has 2 aromatic heterocycles. The molecule has 6 nitrogen and oxygen atoms in total. The molecule has 32 heavy (non-hydrogen) atoms. The molecule has 9 heteroatoms. The second kappa shape index (κ2) is 12.0. The Hall–Kier alpha value is -2.38. The summed E-state index contributed by atoms with van der Waals surface area (Å²) < 4.78 is 12.3. The Bertz CT molecular complexity index is 1080. The molecule has 1 aromatic carbocycles. The fraction of sp³-hybridized carbons (Fsp3) is 0.304. The normalized spacial score (nSPS) is 11.7. The summed E-state index contributed by atoms with van der Waals surface area (Å²) in [6.07, 6.45) is 3.64. The highest BCUT2D eigenvalue weighted by Gasteiger charge is 2.19. The van der Waals surface area contributed by atoms with Crippen LogP contribution in [-0.4, -0.2) is 31.3 Å². The molecule has 0 aliphatic rings. The van der Waals surface area contributed by atoms with Gasteiger partial charge in [0.1, 0.15) is 27.5 Å². The van der Waals surface area contributed by atoms with E-state index in [-0.39, 0.29) is 5.91 Å². The minimum atomic E-state index is -0.968. The highest BCUT2D eigenvalue weighted by molar-refractivity contribution is 8.12. The van der Waals surface area contributed by atoms with Crippen LogP contribution in [0.2, 0.25) is 0 Å². The summed E-state index contributed by atoms with van der Waals surface area (Å²) in [5.41, 5.74) is 3.77. The highest BCUT2D eigenvalue weighted by Crippen LogP contribution is 2.35. The molecule has 0 aliphatic heterocycles. The number of thiazole rings is 1. The van der Waals surface area contributed by atoms with Crippen LogP contribution in [0.1, 0.15) is 37.8 Å². The predicted octanol–water partition coefficient (Wildman–Crippen LogP) is 4.98. The van der Waals surface area contributed by atoms with Crippen LogP contribution >= 0.6 is 23.1 Å². The van der Waals surface area contributed by atoms with Gasteiger partial charge in [0, 0.05) is 30.6 Å². The second-order valence-electron chi connectivity index (χ2n) is 7.05. The van der Waals surface area contributed by atoms with Crippen molar-refractivity contribution in [3.63, 3.8) is 0 Å². The van der Waals surface area contributed by atoms with Crippen molar-refractivity contribution in [1.29, 1.82) is 5.26 Å². The van der Waals surface area contributed by atoms with Crippen LogP contribution in [0.25, 0.3) is 21.8 Å². The number of nitrogens with zero attached hydrogens (tertiary/aromatic N) is 3. The van der Waals surface area contributed by atoms with Gasteiger partial charge in [-0.2, -0.15) is 5.26 Å². The molecule has 166 valence electrons. The van der Waals surface area contributed by atoms with E-state index in [9.17, 15) is 14.6 Å². The average Bonchev–Trinajstić information content (AvgIpc) is 3.34. The number of pyridine rings is 1. The number of unbranched alkanes of at least 4 members (excludes halogenated alkanes) is 1. The maximum absolute atomic E-state index is 12.3. The van der Waals surface area contributed by atoms with Crippen molar-refractivity contribution in [3.05, 3.63) is 53.0 Å². The molecular weight excluding hydrogens is 460 g/mol. The summed E-state index contributed by atoms with van der Waals surface area (Å²) >= 11 is 1.88. The molecule has 1 atom stereocenters. The summed E-state index contributed by atoms with van der Waals surface area (Å²) in [5, 5.41) is 16.4. The van der Waals surface area contributed by atoms with Gasteiger partial charge in [0.25, 0.3) is 0 Å². The number of carbonyl (C=O) groups is 1. The number of benzene rings is 1. The SMILES string of the molecule is CCCC[S+]([O-])CSc1nc(-c2nccs2)cc(-c2ccc(CNC(C)=O)cc2)c1C#N. The van der Waals surface area contributed by atoms with E-state index in [1.54, 1.807) is 6.20 Å². The first-order chi connectivity index (χ1) is 15.5. The van der Waals surface area contributed by atoms with Crippen molar-refractivity contribution >= 4 is 40.2 Å². The Morgan fingerprint density at radius 3 is 2.75 bits per heavy atom. The molecule has 3 rings (SSSR count). The first-order valence-electron chi connectivity index (χ1n) is 10.2. The maximum atomic E-state index is 12.3. The van der Waals surface area contributed by atoms with Gasteiger partial charge in [0.2, 0.25) is 5.91 Å². The zero-order valence-corrected chi connectivity index (χ0v) is 20.4. The number of carbonyl (C=O) groups excluding carboxylic acids is 1. The highest BCUT2D eigenvalue weighted by atomic mass is 32.3. The monoisotopic (exact) mass is 484 g/mol. The third kappa shape index (κ3) is 6.56. The largest absolute Gasteiger partial charge is 0.616 e. The topological polar surface area (TPSA) is 102 Å². The lowest BCUT2D eigenvalue weighted by Gasteiger charge is -2.13. The Labute approximate surface area is 199 Å². The van der Waals surface area contributed by atoms with Crippen LogP contribution in [0, 0.1) is 11.3 Å². The molecule has 1 unspecified atom stereocenters. The lowest BCUT2D eigenvalue weighted by molar-refractivity contribution is -0.119. The van der Waals surface area contributed by atoms with Crippen LogP contribution in [0.3, 0.4) is 0 Å².